The van der Waals surface area contributed by atoms with Crippen molar-refractivity contribution in [3.8, 4) is 0 Å². The van der Waals surface area contributed by atoms with Crippen LogP contribution >= 0.6 is 0 Å². The van der Waals surface area contributed by atoms with E-state index in [2.05, 4.69) is 33.8 Å². The molecule has 2 bridgehead atoms. The van der Waals surface area contributed by atoms with Gasteiger partial charge in [-0.1, -0.05) is 92.7 Å². The third kappa shape index (κ3) is 12.0. The highest BCUT2D eigenvalue weighted by Gasteiger charge is 2.56. The highest BCUT2D eigenvalue weighted by atomic mass is 16.7. The minimum absolute atomic E-state index is 0.0329. The molecule has 1 spiro atoms. The van der Waals surface area contributed by atoms with Gasteiger partial charge in [-0.25, -0.2) is 0 Å². The van der Waals surface area contributed by atoms with Crippen LogP contribution in [0.3, 0.4) is 0 Å². The van der Waals surface area contributed by atoms with E-state index in [1.165, 1.54) is 26.8 Å². The van der Waals surface area contributed by atoms with Gasteiger partial charge in [0.05, 0.1) is 36.6 Å². The van der Waals surface area contributed by atoms with E-state index in [4.69, 9.17) is 9.47 Å². The summed E-state index contributed by atoms with van der Waals surface area (Å²) in [6.07, 6.45) is 12.4. The molecule has 2 fully saturated rings. The van der Waals surface area contributed by atoms with Crippen molar-refractivity contribution >= 4 is 17.3 Å². The summed E-state index contributed by atoms with van der Waals surface area (Å²) in [6, 6.07) is 0. The molecular formula is C47H78O10. The van der Waals surface area contributed by atoms with Crippen LogP contribution in [0, 0.1) is 59.2 Å². The third-order valence-electron chi connectivity index (χ3n) is 14.1. The monoisotopic (exact) mass is 803 g/mol. The first-order valence-corrected chi connectivity index (χ1v) is 22.1. The molecule has 2 aliphatic heterocycles. The van der Waals surface area contributed by atoms with Crippen molar-refractivity contribution in [1.82, 2.24) is 0 Å². The number of carbonyl (C=O) groups excluding carboxylic acids is 3. The average molecular weight is 803 g/mol. The Morgan fingerprint density at radius 2 is 1.47 bits per heavy atom. The fourth-order valence-electron chi connectivity index (χ4n) is 9.87. The van der Waals surface area contributed by atoms with E-state index in [-0.39, 0.29) is 54.0 Å². The van der Waals surface area contributed by atoms with Gasteiger partial charge in [0.2, 0.25) is 0 Å². The predicted octanol–water partition coefficient (Wildman–Crippen LogP) is 6.94. The van der Waals surface area contributed by atoms with E-state index in [9.17, 15) is 39.9 Å². The molecule has 3 rings (SSSR count). The maximum absolute atomic E-state index is 13.9. The Morgan fingerprint density at radius 1 is 0.825 bits per heavy atom. The fraction of sp³-hybridized carbons (Fsp3) is 0.809. The summed E-state index contributed by atoms with van der Waals surface area (Å²) in [7, 11) is 0. The number of aliphatic hydroxyl groups is 5. The van der Waals surface area contributed by atoms with Crippen LogP contribution in [0.2, 0.25) is 0 Å². The molecule has 0 saturated carbocycles. The van der Waals surface area contributed by atoms with Gasteiger partial charge in [-0.2, -0.15) is 0 Å². The lowest BCUT2D eigenvalue weighted by atomic mass is 9.66. The molecule has 0 unspecified atom stereocenters. The molecule has 1 aliphatic carbocycles. The number of Topliss-reactive ketones (excluding diaryl/α,β-unsaturated/α-hetero) is 2. The molecule has 2 saturated heterocycles. The van der Waals surface area contributed by atoms with Gasteiger partial charge in [0.25, 0.3) is 0 Å². The molecule has 3 aliphatic rings. The molecule has 10 heteroatoms. The Balaban J connectivity index is 2.02. The maximum Gasteiger partial charge on any atom is 0.172 e. The minimum Gasteiger partial charge on any atom is -0.393 e. The van der Waals surface area contributed by atoms with Gasteiger partial charge in [0.1, 0.15) is 11.4 Å². The largest absolute Gasteiger partial charge is 0.393 e. The van der Waals surface area contributed by atoms with Crippen molar-refractivity contribution in [2.75, 3.05) is 0 Å². The average Bonchev–Trinajstić information content (AvgIpc) is 3.17. The first-order valence-electron chi connectivity index (χ1n) is 22.1. The first kappa shape index (κ1) is 49.3. The summed E-state index contributed by atoms with van der Waals surface area (Å²) in [5.41, 5.74) is -2.17. The smallest absolute Gasteiger partial charge is 0.172 e. The molecular weight excluding hydrogens is 725 g/mol. The molecule has 10 nitrogen and oxygen atoms in total. The summed E-state index contributed by atoms with van der Waals surface area (Å²) in [5.74, 6) is -5.87. The van der Waals surface area contributed by atoms with Crippen LogP contribution in [0.15, 0.2) is 36.5 Å². The van der Waals surface area contributed by atoms with Crippen LogP contribution in [-0.2, 0) is 23.9 Å². The molecule has 0 aromatic heterocycles. The van der Waals surface area contributed by atoms with Crippen molar-refractivity contribution in [1.29, 1.82) is 0 Å². The number of hydrogen-bond donors (Lipinski definition) is 5. The highest BCUT2D eigenvalue weighted by molar-refractivity contribution is 5.91. The Morgan fingerprint density at radius 3 is 2.09 bits per heavy atom. The van der Waals surface area contributed by atoms with Crippen molar-refractivity contribution in [2.45, 2.75) is 182 Å². The zero-order valence-electron chi connectivity index (χ0n) is 36.8. The number of hydrogen-bond acceptors (Lipinski definition) is 10. The van der Waals surface area contributed by atoms with Crippen LogP contribution in [0.4, 0.5) is 0 Å². The molecule has 0 aromatic carbocycles. The lowest BCUT2D eigenvalue weighted by Gasteiger charge is -2.57. The van der Waals surface area contributed by atoms with E-state index in [1.54, 1.807) is 33.8 Å². The number of ether oxygens (including phenoxy) is 2. The van der Waals surface area contributed by atoms with E-state index in [0.29, 0.717) is 19.3 Å². The summed E-state index contributed by atoms with van der Waals surface area (Å²) in [6.45, 7) is 19.7. The minimum atomic E-state index is -2.17. The molecule has 0 radical (unpaired) electrons. The SMILES string of the molecule is CC[C@@H]1/C=C/C=C/C[C@H](C)[C@@H](O)[C@@](C)(O)C(=O)[C@H](C)[C@@H](O)[C@H](C)C(=O)[C@H](C)[C@@H](O)[C@H](C)/C=C/C(=O)C[C@H]2[C@@H](C)[C@@H](CC1)O[C@]1(CC[C@@H](C)[C@@H](C[C@H](C)O)O1)[C@@H]2CC. The van der Waals surface area contributed by atoms with Crippen LogP contribution in [0.5, 0.6) is 0 Å². The Labute approximate surface area is 343 Å². The maximum atomic E-state index is 13.9. The molecule has 326 valence electrons. The zero-order chi connectivity index (χ0) is 43.0. The van der Waals surface area contributed by atoms with Gasteiger partial charge >= 0.3 is 0 Å². The standard InChI is InChI=1S/C47H78O10/c1-12-35-18-16-14-15-17-29(5)44(53)46(11,55)45(54)34(10)43(52)33(9)42(51)32(8)41(50)28(4)19-21-36(49)26-37-31(7)39(22-20-35)56-47(38(37)13-2)24-23-27(3)40(57-47)25-30(6)48/h14-16,18-19,21,27-35,37-41,43-44,48,50,52-53,55H,12-13,17,20,22-26H2,1-11H3/b15-14+,18-16+,21-19+/t27-,28-,29+,30+,31-,32-,33-,34-,35-,37+,38-,39-,40-,41+,43+,44-,46-,47+/m1/s1. The lowest BCUT2D eigenvalue weighted by molar-refractivity contribution is -0.369. The van der Waals surface area contributed by atoms with Crippen molar-refractivity contribution in [2.24, 2.45) is 59.2 Å². The lowest BCUT2D eigenvalue weighted by Crippen LogP contribution is -2.60. The van der Waals surface area contributed by atoms with E-state index < -0.39 is 77.0 Å². The van der Waals surface area contributed by atoms with Crippen LogP contribution < -0.4 is 0 Å². The molecule has 57 heavy (non-hydrogen) atoms. The molecule has 18 atom stereocenters. The second kappa shape index (κ2) is 21.5. The second-order valence-corrected chi connectivity index (χ2v) is 18.6. The summed E-state index contributed by atoms with van der Waals surface area (Å²) in [4.78, 5) is 41.0. The first-order chi connectivity index (χ1) is 26.6. The fourth-order valence-corrected chi connectivity index (χ4v) is 9.87. The number of fused-ring (bicyclic) bond motifs is 2. The van der Waals surface area contributed by atoms with Gasteiger partial charge in [0.15, 0.2) is 17.4 Å². The number of carbonyl (C=O) groups is 3. The van der Waals surface area contributed by atoms with Crippen LogP contribution in [-0.4, -0.2) is 90.9 Å². The number of rotatable bonds is 4. The van der Waals surface area contributed by atoms with Crippen LogP contribution in [0.25, 0.3) is 0 Å². The normalized spacial score (nSPS) is 46.3. The Hall–Kier alpha value is -2.05. The Bertz CT molecular complexity index is 1400. The molecule has 0 amide bonds. The van der Waals surface area contributed by atoms with Gasteiger partial charge in [-0.05, 0) is 94.5 Å². The van der Waals surface area contributed by atoms with Crippen molar-refractivity contribution < 1.29 is 49.4 Å². The van der Waals surface area contributed by atoms with Gasteiger partial charge in [-0.3, -0.25) is 14.4 Å². The van der Waals surface area contributed by atoms with Crippen molar-refractivity contribution in [3.05, 3.63) is 36.5 Å². The van der Waals surface area contributed by atoms with Crippen LogP contribution in [0.1, 0.15) is 134 Å². The quantitative estimate of drug-likeness (QED) is 0.201. The molecule has 0 aromatic rings. The Kier molecular flexibility index (Phi) is 18.6. The topological polar surface area (TPSA) is 171 Å². The highest BCUT2D eigenvalue weighted by Crippen LogP contribution is 2.52. The summed E-state index contributed by atoms with van der Waals surface area (Å²) >= 11 is 0. The zero-order valence-corrected chi connectivity index (χ0v) is 36.8. The van der Waals surface area contributed by atoms with Gasteiger partial charge < -0.3 is 35.0 Å². The molecule has 2 heterocycles. The van der Waals surface area contributed by atoms with Gasteiger partial charge in [-0.15, -0.1) is 0 Å². The van der Waals surface area contributed by atoms with E-state index in [0.717, 1.165) is 32.1 Å². The second-order valence-electron chi connectivity index (χ2n) is 18.6. The van der Waals surface area contributed by atoms with E-state index >= 15 is 0 Å². The third-order valence-corrected chi connectivity index (χ3v) is 14.1. The number of allylic oxidation sites excluding steroid dienone is 5. The summed E-state index contributed by atoms with van der Waals surface area (Å²) in [5, 5.41) is 55.3. The number of ketones is 3. The predicted molar refractivity (Wildman–Crippen MR) is 223 cm³/mol. The van der Waals surface area contributed by atoms with E-state index in [1.807, 2.05) is 18.2 Å². The molecule has 5 N–H and O–H groups in total. The van der Waals surface area contributed by atoms with Crippen molar-refractivity contribution in [3.63, 3.8) is 0 Å². The number of aliphatic hydroxyl groups excluding tert-OH is 4. The van der Waals surface area contributed by atoms with Gasteiger partial charge in [0, 0.05) is 42.4 Å². The summed E-state index contributed by atoms with van der Waals surface area (Å²) < 4.78 is 14.1.